The Hall–Kier alpha value is -2.21. The molecule has 3 rings (SSSR count). The van der Waals surface area contributed by atoms with Crippen LogP contribution >= 0.6 is 0 Å². The summed E-state index contributed by atoms with van der Waals surface area (Å²) in [5.74, 6) is -0.151. The van der Waals surface area contributed by atoms with Gasteiger partial charge >= 0.3 is 5.97 Å². The van der Waals surface area contributed by atoms with Crippen molar-refractivity contribution >= 4 is 17.7 Å². The number of nitrogens with zero attached hydrogens (tertiary/aromatic N) is 1. The number of carbonyl (C=O) groups excluding carboxylic acids is 3. The first-order valence-corrected chi connectivity index (χ1v) is 12.2. The number of hydrogen-bond acceptors (Lipinski definition) is 4. The largest absolute Gasteiger partial charge is 0.465 e. The Balaban J connectivity index is 1.66. The Morgan fingerprint density at radius 1 is 1.09 bits per heavy atom. The van der Waals surface area contributed by atoms with Crippen LogP contribution in [0.25, 0.3) is 0 Å². The number of likely N-dealkylation sites (N-methyl/N-ethyl adjacent to an activating group) is 1. The highest BCUT2D eigenvalue weighted by Gasteiger charge is 2.39. The van der Waals surface area contributed by atoms with Crippen LogP contribution in [0.2, 0.25) is 0 Å². The highest BCUT2D eigenvalue weighted by Crippen LogP contribution is 2.26. The van der Waals surface area contributed by atoms with E-state index in [1.807, 2.05) is 19.1 Å². The summed E-state index contributed by atoms with van der Waals surface area (Å²) in [6, 6.07) is 5.78. The number of likely N-dealkylation sites (tertiary alicyclic amines) is 1. The van der Waals surface area contributed by atoms with Crippen LogP contribution in [0.3, 0.4) is 0 Å². The summed E-state index contributed by atoms with van der Waals surface area (Å²) in [6.07, 6.45) is 7.92. The number of quaternary nitrogens is 1. The molecule has 6 nitrogen and oxygen atoms in total. The Bertz CT molecular complexity index is 831. The van der Waals surface area contributed by atoms with Gasteiger partial charge in [-0.2, -0.15) is 0 Å². The van der Waals surface area contributed by atoms with Gasteiger partial charge in [0.15, 0.2) is 5.78 Å². The van der Waals surface area contributed by atoms with Crippen LogP contribution < -0.4 is 5.32 Å². The summed E-state index contributed by atoms with van der Waals surface area (Å²) in [4.78, 5) is 38.3. The van der Waals surface area contributed by atoms with Crippen molar-refractivity contribution in [1.82, 2.24) is 5.32 Å². The predicted molar refractivity (Wildman–Crippen MR) is 124 cm³/mol. The fraction of sp³-hybridized carbons (Fsp3) is 0.654. The quantitative estimate of drug-likeness (QED) is 0.492. The number of Topliss-reactive ketones (excluding diaryl/α,β-unsaturated/α-hetero) is 1. The maximum absolute atomic E-state index is 13.2. The number of rotatable bonds is 8. The number of piperidine rings is 1. The van der Waals surface area contributed by atoms with Gasteiger partial charge in [0.05, 0.1) is 38.2 Å². The molecule has 1 saturated carbocycles. The maximum Gasteiger partial charge on any atom is 0.338 e. The van der Waals surface area contributed by atoms with Crippen LogP contribution in [-0.4, -0.2) is 61.5 Å². The lowest BCUT2D eigenvalue weighted by molar-refractivity contribution is -0.925. The molecule has 0 bridgehead atoms. The number of amides is 1. The third kappa shape index (κ3) is 5.97. The fourth-order valence-electron chi connectivity index (χ4n) is 5.51. The van der Waals surface area contributed by atoms with Crippen molar-refractivity contribution in [2.45, 2.75) is 71.3 Å². The van der Waals surface area contributed by atoms with E-state index in [0.717, 1.165) is 56.4 Å². The van der Waals surface area contributed by atoms with Gasteiger partial charge in [-0.05, 0) is 56.7 Å². The standard InChI is InChI=1S/C26H38N2O4/c1-4-28(15-9-11-20(17-28)25(30)27-21-12-6-5-7-13-21)18-22(29)16-24-19(2)10-8-14-23(24)26(31)32-3/h8,10,14,20-21H,4-7,9,11-13,15-18H2,1-3H3/p+1. The van der Waals surface area contributed by atoms with Gasteiger partial charge in [0.1, 0.15) is 6.54 Å². The third-order valence-corrected chi connectivity index (χ3v) is 7.49. The van der Waals surface area contributed by atoms with Crippen LogP contribution in [0.1, 0.15) is 73.4 Å². The summed E-state index contributed by atoms with van der Waals surface area (Å²) < 4.78 is 5.56. The van der Waals surface area contributed by atoms with Gasteiger partial charge in [0, 0.05) is 12.5 Å². The predicted octanol–water partition coefficient (Wildman–Crippen LogP) is 3.59. The van der Waals surface area contributed by atoms with E-state index in [4.69, 9.17) is 4.74 Å². The third-order valence-electron chi connectivity index (χ3n) is 7.49. The molecule has 1 aliphatic heterocycles. The van der Waals surface area contributed by atoms with E-state index in [1.54, 1.807) is 6.07 Å². The average Bonchev–Trinajstić information content (AvgIpc) is 2.80. The van der Waals surface area contributed by atoms with Gasteiger partial charge < -0.3 is 14.5 Å². The lowest BCUT2D eigenvalue weighted by Crippen LogP contribution is -2.59. The number of aryl methyl sites for hydroxylation is 1. The van der Waals surface area contributed by atoms with Crippen molar-refractivity contribution in [3.63, 3.8) is 0 Å². The van der Waals surface area contributed by atoms with Gasteiger partial charge in [0.2, 0.25) is 5.91 Å². The first-order chi connectivity index (χ1) is 15.4. The number of nitrogens with one attached hydrogen (secondary N) is 1. The van der Waals surface area contributed by atoms with Crippen LogP contribution in [0.15, 0.2) is 18.2 Å². The van der Waals surface area contributed by atoms with Crippen LogP contribution in [0.5, 0.6) is 0 Å². The molecule has 176 valence electrons. The van der Waals surface area contributed by atoms with Crippen molar-refractivity contribution in [2.75, 3.05) is 33.3 Å². The van der Waals surface area contributed by atoms with Crippen molar-refractivity contribution in [3.8, 4) is 0 Å². The molecule has 1 N–H and O–H groups in total. The van der Waals surface area contributed by atoms with Crippen molar-refractivity contribution in [3.05, 3.63) is 34.9 Å². The van der Waals surface area contributed by atoms with Crippen LogP contribution in [-0.2, 0) is 20.7 Å². The van der Waals surface area contributed by atoms with E-state index in [0.29, 0.717) is 22.6 Å². The Labute approximate surface area is 192 Å². The van der Waals surface area contributed by atoms with E-state index in [1.165, 1.54) is 26.4 Å². The second-order valence-corrected chi connectivity index (χ2v) is 9.71. The number of ketones is 1. The number of benzene rings is 1. The lowest BCUT2D eigenvalue weighted by Gasteiger charge is -2.43. The van der Waals surface area contributed by atoms with Crippen molar-refractivity contribution < 1.29 is 23.6 Å². The molecular weight excluding hydrogens is 404 g/mol. The Kier molecular flexibility index (Phi) is 8.46. The Morgan fingerprint density at radius 2 is 1.84 bits per heavy atom. The molecule has 2 atom stereocenters. The van der Waals surface area contributed by atoms with E-state index < -0.39 is 5.97 Å². The molecule has 32 heavy (non-hydrogen) atoms. The maximum atomic E-state index is 13.2. The molecule has 1 aromatic carbocycles. The Morgan fingerprint density at radius 3 is 2.53 bits per heavy atom. The van der Waals surface area contributed by atoms with Crippen LogP contribution in [0.4, 0.5) is 0 Å². The molecule has 6 heteroatoms. The minimum absolute atomic E-state index is 0.0254. The summed E-state index contributed by atoms with van der Waals surface area (Å²) in [5.41, 5.74) is 2.14. The summed E-state index contributed by atoms with van der Waals surface area (Å²) in [6.45, 7) is 6.91. The van der Waals surface area contributed by atoms with Gasteiger partial charge in [-0.25, -0.2) is 4.79 Å². The number of ether oxygens (including phenoxy) is 1. The normalized spacial score (nSPS) is 24.0. The zero-order valence-electron chi connectivity index (χ0n) is 20.0. The molecule has 1 amide bonds. The molecule has 1 saturated heterocycles. The summed E-state index contributed by atoms with van der Waals surface area (Å²) >= 11 is 0. The number of carbonyl (C=O) groups is 3. The van der Waals surface area contributed by atoms with E-state index >= 15 is 0 Å². The first kappa shape index (κ1) is 24.4. The second kappa shape index (κ2) is 11.1. The van der Waals surface area contributed by atoms with Crippen LogP contribution in [0, 0.1) is 12.8 Å². The first-order valence-electron chi connectivity index (χ1n) is 12.2. The number of hydrogen-bond donors (Lipinski definition) is 1. The van der Waals surface area contributed by atoms with E-state index in [-0.39, 0.29) is 24.0 Å². The monoisotopic (exact) mass is 443 g/mol. The molecule has 2 fully saturated rings. The average molecular weight is 444 g/mol. The van der Waals surface area contributed by atoms with Crippen molar-refractivity contribution in [1.29, 1.82) is 0 Å². The molecule has 1 aromatic rings. The smallest absolute Gasteiger partial charge is 0.338 e. The number of esters is 1. The second-order valence-electron chi connectivity index (χ2n) is 9.71. The van der Waals surface area contributed by atoms with Gasteiger partial charge in [-0.15, -0.1) is 0 Å². The highest BCUT2D eigenvalue weighted by molar-refractivity contribution is 5.94. The molecule has 1 aliphatic carbocycles. The van der Waals surface area contributed by atoms with Gasteiger partial charge in [0.25, 0.3) is 0 Å². The molecule has 0 spiro atoms. The molecule has 2 unspecified atom stereocenters. The topological polar surface area (TPSA) is 72.5 Å². The fourth-order valence-corrected chi connectivity index (χ4v) is 5.51. The minimum Gasteiger partial charge on any atom is -0.465 e. The molecule has 0 aromatic heterocycles. The summed E-state index contributed by atoms with van der Waals surface area (Å²) in [5, 5.41) is 3.29. The zero-order chi connectivity index (χ0) is 23.1. The zero-order valence-corrected chi connectivity index (χ0v) is 20.0. The SMILES string of the molecule is CC[N+]1(CC(=O)Cc2c(C)cccc2C(=O)OC)CCCC(C(=O)NC2CCCCC2)C1. The van der Waals surface area contributed by atoms with Crippen molar-refractivity contribution in [2.24, 2.45) is 5.92 Å². The summed E-state index contributed by atoms with van der Waals surface area (Å²) in [7, 11) is 1.36. The highest BCUT2D eigenvalue weighted by atomic mass is 16.5. The van der Waals surface area contributed by atoms with E-state index in [2.05, 4.69) is 12.2 Å². The van der Waals surface area contributed by atoms with Gasteiger partial charge in [-0.1, -0.05) is 31.4 Å². The molecule has 0 radical (unpaired) electrons. The number of methoxy groups -OCH3 is 1. The molecule has 2 aliphatic rings. The molecular formula is C26H39N2O4+. The van der Waals surface area contributed by atoms with Gasteiger partial charge in [-0.3, -0.25) is 9.59 Å². The minimum atomic E-state index is -0.409. The molecule has 1 heterocycles. The van der Waals surface area contributed by atoms with E-state index in [9.17, 15) is 14.4 Å². The lowest BCUT2D eigenvalue weighted by atomic mass is 9.91.